The third-order valence-corrected chi connectivity index (χ3v) is 2.12. The van der Waals surface area contributed by atoms with Crippen molar-refractivity contribution in [3.05, 3.63) is 0 Å². The topological polar surface area (TPSA) is 52.6 Å². The summed E-state index contributed by atoms with van der Waals surface area (Å²) in [6.07, 6.45) is -2.03. The number of ether oxygens (including phenoxy) is 2. The first-order valence-corrected chi connectivity index (χ1v) is 5.07. The molecule has 0 N–H and O–H groups in total. The molecule has 0 aromatic rings. The first kappa shape index (κ1) is 13.4. The Bertz CT molecular complexity index is 188. The summed E-state index contributed by atoms with van der Waals surface area (Å²) in [4.78, 5) is 20.5. The highest BCUT2D eigenvalue weighted by Gasteiger charge is 2.33. The lowest BCUT2D eigenvalue weighted by Gasteiger charge is -2.12. The zero-order valence-corrected chi connectivity index (χ0v) is 9.54. The Morgan fingerprint density at radius 1 is 1.21 bits per heavy atom. The fourth-order valence-corrected chi connectivity index (χ4v) is 1.03. The second kappa shape index (κ2) is 6.75. The molecule has 0 bridgehead atoms. The molecule has 0 heterocycles. The maximum atomic E-state index is 13.1. The van der Waals surface area contributed by atoms with Gasteiger partial charge in [-0.15, -0.1) is 0 Å². The fraction of sp³-hybridized carbons (Fsp3) is 0.750. The van der Waals surface area contributed by atoms with Crippen LogP contribution in [0.4, 0.5) is 4.39 Å². The number of hydrogen-bond acceptors (Lipinski definition) is 4. The minimum Gasteiger partial charge on any atom is -0.465 e. The van der Waals surface area contributed by atoms with Crippen LogP contribution in [0.15, 0.2) is 0 Å². The van der Waals surface area contributed by atoms with Crippen molar-refractivity contribution < 1.29 is 23.5 Å². The predicted molar refractivity (Wildman–Crippen MR) is 50.9 cm³/mol. The summed E-state index contributed by atoms with van der Waals surface area (Å²) in [5.74, 6) is -1.88. The van der Waals surface area contributed by atoms with Gasteiger partial charge in [0.15, 0.2) is 4.83 Å². The van der Waals surface area contributed by atoms with Crippen LogP contribution in [0, 0.1) is 0 Å². The molecular weight excluding hydrogens is 259 g/mol. The Labute approximate surface area is 89.9 Å². The van der Waals surface area contributed by atoms with Crippen LogP contribution in [0.5, 0.6) is 0 Å². The van der Waals surface area contributed by atoms with Gasteiger partial charge in [0.05, 0.1) is 13.2 Å². The van der Waals surface area contributed by atoms with Gasteiger partial charge in [0, 0.05) is 0 Å². The third-order valence-electron chi connectivity index (χ3n) is 1.28. The van der Waals surface area contributed by atoms with Gasteiger partial charge in [-0.1, -0.05) is 15.9 Å². The van der Waals surface area contributed by atoms with E-state index in [-0.39, 0.29) is 13.2 Å². The lowest BCUT2D eigenvalue weighted by Crippen LogP contribution is -2.34. The van der Waals surface area contributed by atoms with Crippen LogP contribution >= 0.6 is 15.9 Å². The zero-order chi connectivity index (χ0) is 11.1. The molecule has 0 aliphatic carbocycles. The van der Waals surface area contributed by atoms with Crippen molar-refractivity contribution in [2.45, 2.75) is 24.8 Å². The normalized spacial score (nSPS) is 14.3. The molecule has 0 aliphatic rings. The number of hydrogen-bond donors (Lipinski definition) is 0. The molecule has 4 nitrogen and oxygen atoms in total. The number of rotatable bonds is 5. The van der Waals surface area contributed by atoms with Crippen molar-refractivity contribution in [2.75, 3.05) is 13.2 Å². The van der Waals surface area contributed by atoms with Gasteiger partial charge in [0.25, 0.3) is 0 Å². The van der Waals surface area contributed by atoms with Gasteiger partial charge in [-0.2, -0.15) is 0 Å². The van der Waals surface area contributed by atoms with E-state index in [1.807, 2.05) is 0 Å². The molecule has 0 rings (SSSR count). The molecule has 14 heavy (non-hydrogen) atoms. The van der Waals surface area contributed by atoms with E-state index in [1.165, 1.54) is 0 Å². The minimum atomic E-state index is -2.03. The zero-order valence-electron chi connectivity index (χ0n) is 7.96. The smallest absolute Gasteiger partial charge is 0.342 e. The second-order valence-corrected chi connectivity index (χ2v) is 3.29. The first-order valence-electron chi connectivity index (χ1n) is 4.16. The van der Waals surface area contributed by atoms with Crippen molar-refractivity contribution in [2.24, 2.45) is 0 Å². The molecule has 0 unspecified atom stereocenters. The lowest BCUT2D eigenvalue weighted by atomic mass is 10.3. The van der Waals surface area contributed by atoms with Gasteiger partial charge in [0.1, 0.15) is 0 Å². The average Bonchev–Trinajstić information content (AvgIpc) is 2.16. The molecule has 0 saturated carbocycles. The summed E-state index contributed by atoms with van der Waals surface area (Å²) in [7, 11) is 0. The highest BCUT2D eigenvalue weighted by molar-refractivity contribution is 9.10. The molecule has 0 fully saturated rings. The van der Waals surface area contributed by atoms with Crippen molar-refractivity contribution in [3.63, 3.8) is 0 Å². The SMILES string of the molecule is CCOC(=O)[C@@H](F)[C@H](Br)C(=O)OCC. The summed E-state index contributed by atoms with van der Waals surface area (Å²) in [6, 6.07) is 0. The molecule has 82 valence electrons. The fourth-order valence-electron chi connectivity index (χ4n) is 0.683. The van der Waals surface area contributed by atoms with Crippen molar-refractivity contribution in [1.29, 1.82) is 0 Å². The summed E-state index contributed by atoms with van der Waals surface area (Å²) in [5.41, 5.74) is 0. The van der Waals surface area contributed by atoms with Crippen molar-refractivity contribution >= 4 is 27.9 Å². The van der Waals surface area contributed by atoms with E-state index < -0.39 is 22.9 Å². The molecule has 0 saturated heterocycles. The van der Waals surface area contributed by atoms with E-state index in [1.54, 1.807) is 13.8 Å². The van der Waals surface area contributed by atoms with Crippen LogP contribution in [0.1, 0.15) is 13.8 Å². The molecule has 0 amide bonds. The van der Waals surface area contributed by atoms with Crippen molar-refractivity contribution in [3.8, 4) is 0 Å². The summed E-state index contributed by atoms with van der Waals surface area (Å²) < 4.78 is 22.0. The van der Waals surface area contributed by atoms with Crippen LogP contribution in [-0.4, -0.2) is 36.2 Å². The molecule has 0 radical (unpaired) electrons. The third kappa shape index (κ3) is 4.04. The van der Waals surface area contributed by atoms with Crippen LogP contribution in [0.25, 0.3) is 0 Å². The Hall–Kier alpha value is -0.650. The number of carbonyl (C=O) groups excluding carboxylic acids is 2. The Balaban J connectivity index is 4.16. The number of alkyl halides is 2. The molecule has 0 spiro atoms. The van der Waals surface area contributed by atoms with E-state index in [0.29, 0.717) is 0 Å². The molecule has 0 aliphatic heterocycles. The molecule has 0 aromatic carbocycles. The highest BCUT2D eigenvalue weighted by Crippen LogP contribution is 2.13. The minimum absolute atomic E-state index is 0.0712. The van der Waals surface area contributed by atoms with E-state index in [0.717, 1.165) is 0 Å². The Kier molecular flexibility index (Phi) is 6.44. The molecule has 6 heteroatoms. The van der Waals surface area contributed by atoms with Crippen LogP contribution in [-0.2, 0) is 19.1 Å². The number of esters is 2. The summed E-state index contributed by atoms with van der Waals surface area (Å²) in [5, 5.41) is 0. The first-order chi connectivity index (χ1) is 6.54. The van der Waals surface area contributed by atoms with Crippen molar-refractivity contribution in [1.82, 2.24) is 0 Å². The van der Waals surface area contributed by atoms with Gasteiger partial charge in [-0.25, -0.2) is 9.18 Å². The van der Waals surface area contributed by atoms with Gasteiger partial charge >= 0.3 is 11.9 Å². The second-order valence-electron chi connectivity index (χ2n) is 2.31. The highest BCUT2D eigenvalue weighted by atomic mass is 79.9. The van der Waals surface area contributed by atoms with Gasteiger partial charge < -0.3 is 9.47 Å². The van der Waals surface area contributed by atoms with Crippen LogP contribution < -0.4 is 0 Å². The summed E-state index contributed by atoms with van der Waals surface area (Å²) in [6.45, 7) is 3.35. The largest absolute Gasteiger partial charge is 0.465 e. The van der Waals surface area contributed by atoms with E-state index in [9.17, 15) is 14.0 Å². The average molecular weight is 271 g/mol. The number of halogens is 2. The van der Waals surface area contributed by atoms with Gasteiger partial charge in [0.2, 0.25) is 6.17 Å². The van der Waals surface area contributed by atoms with E-state index in [2.05, 4.69) is 25.4 Å². The van der Waals surface area contributed by atoms with Gasteiger partial charge in [-0.3, -0.25) is 4.79 Å². The standard InChI is InChI=1S/C8H12BrFO4/c1-3-13-7(11)5(9)6(10)8(12)14-4-2/h5-6H,3-4H2,1-2H3/t5-,6-/m0/s1. The summed E-state index contributed by atoms with van der Waals surface area (Å²) >= 11 is 2.73. The monoisotopic (exact) mass is 270 g/mol. The van der Waals surface area contributed by atoms with Crippen LogP contribution in [0.2, 0.25) is 0 Å². The lowest BCUT2D eigenvalue weighted by molar-refractivity contribution is -0.154. The van der Waals surface area contributed by atoms with Crippen LogP contribution in [0.3, 0.4) is 0 Å². The number of carbonyl (C=O) groups is 2. The van der Waals surface area contributed by atoms with E-state index in [4.69, 9.17) is 0 Å². The Morgan fingerprint density at radius 2 is 1.64 bits per heavy atom. The molecule has 2 atom stereocenters. The molecular formula is C8H12BrFO4. The quantitative estimate of drug-likeness (QED) is 0.557. The maximum Gasteiger partial charge on any atom is 0.342 e. The Morgan fingerprint density at radius 3 is 2.07 bits per heavy atom. The maximum absolute atomic E-state index is 13.1. The predicted octanol–water partition coefficient (Wildman–Crippen LogP) is 1.21. The van der Waals surface area contributed by atoms with Gasteiger partial charge in [-0.05, 0) is 13.8 Å². The van der Waals surface area contributed by atoms with E-state index >= 15 is 0 Å². The molecule has 0 aromatic heterocycles.